The molecule has 2 aliphatic rings. The Morgan fingerprint density at radius 3 is 2.33 bits per heavy atom. The highest BCUT2D eigenvalue weighted by atomic mass is 16.9. The fraction of sp³-hybridized carbons (Fsp3) is 0.769. The fourth-order valence-corrected chi connectivity index (χ4v) is 1.80. The third-order valence-electron chi connectivity index (χ3n) is 3.75. The summed E-state index contributed by atoms with van der Waals surface area (Å²) in [5.41, 5.74) is -0.973. The molecule has 0 atom stereocenters. The first-order valence-electron chi connectivity index (χ1n) is 6.28. The molecule has 2 rings (SSSR count). The van der Waals surface area contributed by atoms with E-state index in [-0.39, 0.29) is 0 Å². The summed E-state index contributed by atoms with van der Waals surface area (Å²) in [6, 6.07) is 0. The third-order valence-corrected chi connectivity index (χ3v) is 3.75. The third kappa shape index (κ3) is 2.52. The standard InChI is InChI=1S/C13H21NO4/c1-12(2)13(3,4)18-11(17-12)16-10(15)14-8-6-5-7-9-14/h5-6,11H,7-9H2,1-4H3. The summed E-state index contributed by atoms with van der Waals surface area (Å²) < 4.78 is 16.5. The van der Waals surface area contributed by atoms with Crippen LogP contribution in [0.3, 0.4) is 0 Å². The normalized spacial score (nSPS) is 26.3. The second-order valence-corrected chi connectivity index (χ2v) is 5.63. The van der Waals surface area contributed by atoms with E-state index in [4.69, 9.17) is 14.2 Å². The molecule has 5 nitrogen and oxygen atoms in total. The van der Waals surface area contributed by atoms with Crippen LogP contribution in [-0.4, -0.2) is 41.8 Å². The molecule has 0 bridgehead atoms. The van der Waals surface area contributed by atoms with Crippen LogP contribution in [0.15, 0.2) is 12.2 Å². The zero-order chi connectivity index (χ0) is 13.4. The largest absolute Gasteiger partial charge is 0.414 e. The van der Waals surface area contributed by atoms with Crippen molar-refractivity contribution < 1.29 is 19.0 Å². The highest BCUT2D eigenvalue weighted by Crippen LogP contribution is 2.38. The topological polar surface area (TPSA) is 48.0 Å². The number of amides is 1. The van der Waals surface area contributed by atoms with Crippen LogP contribution in [-0.2, 0) is 14.2 Å². The lowest BCUT2D eigenvalue weighted by atomic mass is 9.90. The Bertz CT molecular complexity index is 346. The van der Waals surface area contributed by atoms with Gasteiger partial charge in [0.15, 0.2) is 0 Å². The molecule has 2 heterocycles. The second kappa shape index (κ2) is 4.55. The minimum atomic E-state index is -0.923. The predicted octanol–water partition coefficient (Wildman–Crippen LogP) is 2.27. The number of carbonyl (C=O) groups is 1. The van der Waals surface area contributed by atoms with Gasteiger partial charge in [-0.1, -0.05) is 12.2 Å². The smallest absolute Gasteiger partial charge is 0.394 e. The van der Waals surface area contributed by atoms with Gasteiger partial charge in [-0.05, 0) is 34.1 Å². The van der Waals surface area contributed by atoms with Gasteiger partial charge >= 0.3 is 12.6 Å². The Labute approximate surface area is 108 Å². The van der Waals surface area contributed by atoms with Gasteiger partial charge in [0, 0.05) is 13.1 Å². The molecule has 1 amide bonds. The van der Waals surface area contributed by atoms with E-state index >= 15 is 0 Å². The van der Waals surface area contributed by atoms with E-state index in [1.54, 1.807) is 4.90 Å². The van der Waals surface area contributed by atoms with Crippen molar-refractivity contribution in [2.75, 3.05) is 13.1 Å². The summed E-state index contributed by atoms with van der Waals surface area (Å²) in [7, 11) is 0. The van der Waals surface area contributed by atoms with E-state index < -0.39 is 23.8 Å². The molecular formula is C13H21NO4. The molecule has 0 N–H and O–H groups in total. The maximum atomic E-state index is 11.9. The van der Waals surface area contributed by atoms with Gasteiger partial charge in [-0.3, -0.25) is 0 Å². The van der Waals surface area contributed by atoms with E-state index in [2.05, 4.69) is 6.08 Å². The van der Waals surface area contributed by atoms with E-state index in [0.29, 0.717) is 13.1 Å². The lowest BCUT2D eigenvalue weighted by Gasteiger charge is -2.29. The van der Waals surface area contributed by atoms with E-state index in [1.807, 2.05) is 33.8 Å². The second-order valence-electron chi connectivity index (χ2n) is 5.63. The van der Waals surface area contributed by atoms with Crippen LogP contribution in [0.5, 0.6) is 0 Å². The Hall–Kier alpha value is -1.07. The van der Waals surface area contributed by atoms with Gasteiger partial charge in [-0.2, -0.15) is 0 Å². The van der Waals surface area contributed by atoms with Crippen LogP contribution in [0, 0.1) is 0 Å². The average molecular weight is 255 g/mol. The molecule has 0 radical (unpaired) electrons. The quantitative estimate of drug-likeness (QED) is 0.674. The van der Waals surface area contributed by atoms with E-state index in [1.165, 1.54) is 0 Å². The average Bonchev–Trinajstić information content (AvgIpc) is 2.48. The van der Waals surface area contributed by atoms with Crippen LogP contribution < -0.4 is 0 Å². The first-order valence-corrected chi connectivity index (χ1v) is 6.28. The predicted molar refractivity (Wildman–Crippen MR) is 65.9 cm³/mol. The summed E-state index contributed by atoms with van der Waals surface area (Å²) in [6.07, 6.45) is 4.48. The maximum absolute atomic E-state index is 11.9. The van der Waals surface area contributed by atoms with Crippen LogP contribution >= 0.6 is 0 Å². The van der Waals surface area contributed by atoms with E-state index in [0.717, 1.165) is 6.42 Å². The van der Waals surface area contributed by atoms with Gasteiger partial charge in [-0.25, -0.2) is 4.79 Å². The molecule has 0 aliphatic carbocycles. The van der Waals surface area contributed by atoms with Crippen molar-refractivity contribution >= 4 is 6.09 Å². The van der Waals surface area contributed by atoms with Crippen molar-refractivity contribution in [2.45, 2.75) is 51.8 Å². The number of carbonyl (C=O) groups excluding carboxylic acids is 1. The SMILES string of the molecule is CC1(C)OC(OC(=O)N2CC=CCC2)OC1(C)C. The molecule has 2 aliphatic heterocycles. The number of rotatable bonds is 1. The summed E-state index contributed by atoms with van der Waals surface area (Å²) in [5, 5.41) is 0. The lowest BCUT2D eigenvalue weighted by molar-refractivity contribution is -0.226. The highest BCUT2D eigenvalue weighted by Gasteiger charge is 2.51. The van der Waals surface area contributed by atoms with Crippen molar-refractivity contribution in [3.05, 3.63) is 12.2 Å². The monoisotopic (exact) mass is 255 g/mol. The molecule has 0 saturated carbocycles. The van der Waals surface area contributed by atoms with Gasteiger partial charge in [0.1, 0.15) is 0 Å². The van der Waals surface area contributed by atoms with Crippen molar-refractivity contribution in [1.29, 1.82) is 0 Å². The van der Waals surface area contributed by atoms with Crippen molar-refractivity contribution in [2.24, 2.45) is 0 Å². The summed E-state index contributed by atoms with van der Waals surface area (Å²) in [5.74, 6) is 0. The molecular weight excluding hydrogens is 234 g/mol. The fourth-order valence-electron chi connectivity index (χ4n) is 1.80. The molecule has 0 aromatic heterocycles. The van der Waals surface area contributed by atoms with Gasteiger partial charge < -0.3 is 19.1 Å². The molecule has 18 heavy (non-hydrogen) atoms. The van der Waals surface area contributed by atoms with Crippen LogP contribution in [0.2, 0.25) is 0 Å². The van der Waals surface area contributed by atoms with Gasteiger partial charge in [0.25, 0.3) is 0 Å². The van der Waals surface area contributed by atoms with Crippen molar-refractivity contribution in [3.8, 4) is 0 Å². The summed E-state index contributed by atoms with van der Waals surface area (Å²) in [4.78, 5) is 13.5. The van der Waals surface area contributed by atoms with E-state index in [9.17, 15) is 4.79 Å². The van der Waals surface area contributed by atoms with Crippen molar-refractivity contribution in [3.63, 3.8) is 0 Å². The minimum Gasteiger partial charge on any atom is -0.394 e. The van der Waals surface area contributed by atoms with Gasteiger partial charge in [0.05, 0.1) is 11.2 Å². The Morgan fingerprint density at radius 2 is 1.83 bits per heavy atom. The molecule has 1 saturated heterocycles. The molecule has 0 aromatic rings. The zero-order valence-electron chi connectivity index (χ0n) is 11.4. The first kappa shape index (κ1) is 13.4. The number of ether oxygens (including phenoxy) is 3. The number of hydrogen-bond donors (Lipinski definition) is 0. The summed E-state index contributed by atoms with van der Waals surface area (Å²) in [6.45, 7) is 8.02. The van der Waals surface area contributed by atoms with Gasteiger partial charge in [-0.15, -0.1) is 0 Å². The highest BCUT2D eigenvalue weighted by molar-refractivity contribution is 5.68. The first-order chi connectivity index (χ1) is 8.32. The Morgan fingerprint density at radius 1 is 1.22 bits per heavy atom. The maximum Gasteiger partial charge on any atom is 0.414 e. The summed E-state index contributed by atoms with van der Waals surface area (Å²) >= 11 is 0. The molecule has 0 aromatic carbocycles. The zero-order valence-corrected chi connectivity index (χ0v) is 11.4. The van der Waals surface area contributed by atoms with Gasteiger partial charge in [0.2, 0.25) is 0 Å². The molecule has 102 valence electrons. The lowest BCUT2D eigenvalue weighted by Crippen LogP contribution is -2.41. The van der Waals surface area contributed by atoms with Crippen LogP contribution in [0.4, 0.5) is 4.79 Å². The van der Waals surface area contributed by atoms with Crippen LogP contribution in [0.1, 0.15) is 34.1 Å². The molecule has 5 heteroatoms. The Kier molecular flexibility index (Phi) is 3.38. The number of hydrogen-bond acceptors (Lipinski definition) is 4. The van der Waals surface area contributed by atoms with Crippen molar-refractivity contribution in [1.82, 2.24) is 4.90 Å². The molecule has 0 unspecified atom stereocenters. The molecule has 1 fully saturated rings. The molecule has 0 spiro atoms. The minimum absolute atomic E-state index is 0.391. The Balaban J connectivity index is 1.91. The van der Waals surface area contributed by atoms with Crippen LogP contribution in [0.25, 0.3) is 0 Å². The number of nitrogens with zero attached hydrogens (tertiary/aromatic N) is 1.